The van der Waals surface area contributed by atoms with Gasteiger partial charge in [0.1, 0.15) is 5.82 Å². The van der Waals surface area contributed by atoms with Crippen LogP contribution in [0.3, 0.4) is 0 Å². The minimum atomic E-state index is -0.318. The van der Waals surface area contributed by atoms with Crippen molar-refractivity contribution in [2.75, 3.05) is 32.8 Å². The first kappa shape index (κ1) is 18.8. The zero-order chi connectivity index (χ0) is 19.3. The fraction of sp³-hybridized carbons (Fsp3) is 0.300. The maximum absolute atomic E-state index is 13.7. The van der Waals surface area contributed by atoms with Crippen LogP contribution >= 0.6 is 11.3 Å². The molecule has 0 bridgehead atoms. The lowest BCUT2D eigenvalue weighted by atomic mass is 10.0. The van der Waals surface area contributed by atoms with E-state index in [2.05, 4.69) is 15.4 Å². The number of ether oxygens (including phenoxy) is 1. The van der Waals surface area contributed by atoms with Crippen molar-refractivity contribution >= 4 is 17.2 Å². The summed E-state index contributed by atoms with van der Waals surface area (Å²) in [5.74, 6) is -0.0459. The molecular weight excluding hydrogens is 381 g/mol. The van der Waals surface area contributed by atoms with Crippen LogP contribution in [0.25, 0.3) is 10.6 Å². The van der Waals surface area contributed by atoms with E-state index in [4.69, 9.17) is 9.26 Å². The van der Waals surface area contributed by atoms with E-state index in [9.17, 15) is 9.18 Å². The van der Waals surface area contributed by atoms with E-state index in [1.165, 1.54) is 23.5 Å². The summed E-state index contributed by atoms with van der Waals surface area (Å²) in [5.41, 5.74) is 1.05. The van der Waals surface area contributed by atoms with Gasteiger partial charge in [-0.3, -0.25) is 9.69 Å². The number of nitrogens with zero attached hydrogens (tertiary/aromatic N) is 2. The molecule has 8 heteroatoms. The molecular formula is C20H20FN3O3S. The number of carbonyl (C=O) groups excluding carboxylic acids is 1. The summed E-state index contributed by atoms with van der Waals surface area (Å²) in [7, 11) is 0. The van der Waals surface area contributed by atoms with Gasteiger partial charge in [0.2, 0.25) is 0 Å². The summed E-state index contributed by atoms with van der Waals surface area (Å²) in [6.45, 7) is 3.02. The van der Waals surface area contributed by atoms with Gasteiger partial charge in [0.25, 0.3) is 5.91 Å². The van der Waals surface area contributed by atoms with Crippen LogP contribution in [-0.2, 0) is 4.74 Å². The van der Waals surface area contributed by atoms with Crippen LogP contribution in [0.15, 0.2) is 52.4 Å². The van der Waals surface area contributed by atoms with Crippen LogP contribution in [0.1, 0.15) is 22.1 Å². The summed E-state index contributed by atoms with van der Waals surface area (Å²) in [4.78, 5) is 15.7. The Hall–Kier alpha value is -2.55. The van der Waals surface area contributed by atoms with Crippen LogP contribution in [0, 0.1) is 5.82 Å². The van der Waals surface area contributed by atoms with E-state index in [-0.39, 0.29) is 23.5 Å². The van der Waals surface area contributed by atoms with Crippen LogP contribution in [0.5, 0.6) is 0 Å². The first-order valence-electron chi connectivity index (χ1n) is 9.07. The molecule has 146 valence electrons. The summed E-state index contributed by atoms with van der Waals surface area (Å²) < 4.78 is 24.4. The van der Waals surface area contributed by atoms with Gasteiger partial charge in [-0.25, -0.2) is 4.39 Å². The highest BCUT2D eigenvalue weighted by atomic mass is 32.1. The molecule has 3 heterocycles. The van der Waals surface area contributed by atoms with Crippen molar-refractivity contribution in [1.82, 2.24) is 15.4 Å². The topological polar surface area (TPSA) is 67.6 Å². The fourth-order valence-corrected chi connectivity index (χ4v) is 3.93. The van der Waals surface area contributed by atoms with Crippen LogP contribution in [-0.4, -0.2) is 48.8 Å². The van der Waals surface area contributed by atoms with Crippen molar-refractivity contribution in [2.24, 2.45) is 0 Å². The molecule has 0 spiro atoms. The third-order valence-corrected chi connectivity index (χ3v) is 5.57. The zero-order valence-electron chi connectivity index (χ0n) is 15.1. The largest absolute Gasteiger partial charge is 0.379 e. The molecule has 1 N–H and O–H groups in total. The summed E-state index contributed by atoms with van der Waals surface area (Å²) >= 11 is 1.52. The van der Waals surface area contributed by atoms with Crippen molar-refractivity contribution in [1.29, 1.82) is 0 Å². The second-order valence-corrected chi connectivity index (χ2v) is 7.43. The minimum Gasteiger partial charge on any atom is -0.379 e. The van der Waals surface area contributed by atoms with E-state index < -0.39 is 0 Å². The molecule has 4 rings (SSSR count). The van der Waals surface area contributed by atoms with Crippen LogP contribution < -0.4 is 5.32 Å². The van der Waals surface area contributed by atoms with Crippen LogP contribution in [0.2, 0.25) is 0 Å². The molecule has 1 unspecified atom stereocenters. The predicted octanol–water partition coefficient (Wildman–Crippen LogP) is 3.35. The standard InChI is InChI=1S/C20H20FN3O3S/c21-15-4-1-3-14(11-15)17(24-6-8-26-9-7-24)13-22-20(25)16-12-18(27-23-16)19-5-2-10-28-19/h1-5,10-12,17H,6-9,13H2,(H,22,25). The number of carbonyl (C=O) groups is 1. The molecule has 1 fully saturated rings. The Morgan fingerprint density at radius 2 is 2.11 bits per heavy atom. The van der Waals surface area contributed by atoms with Crippen molar-refractivity contribution < 1.29 is 18.4 Å². The molecule has 1 aromatic carbocycles. The Morgan fingerprint density at radius 1 is 1.25 bits per heavy atom. The minimum absolute atomic E-state index is 0.146. The number of amides is 1. The van der Waals surface area contributed by atoms with E-state index in [1.54, 1.807) is 12.1 Å². The zero-order valence-corrected chi connectivity index (χ0v) is 16.0. The molecule has 1 saturated heterocycles. The number of hydrogen-bond donors (Lipinski definition) is 1. The van der Waals surface area contributed by atoms with Crippen molar-refractivity contribution in [3.63, 3.8) is 0 Å². The number of aromatic nitrogens is 1. The Kier molecular flexibility index (Phi) is 5.80. The van der Waals surface area contributed by atoms with Gasteiger partial charge < -0.3 is 14.6 Å². The highest BCUT2D eigenvalue weighted by molar-refractivity contribution is 7.13. The van der Waals surface area contributed by atoms with E-state index in [0.717, 1.165) is 23.5 Å². The molecule has 0 aliphatic carbocycles. The summed E-state index contributed by atoms with van der Waals surface area (Å²) in [6, 6.07) is 11.8. The van der Waals surface area contributed by atoms with E-state index in [1.807, 2.05) is 23.6 Å². The van der Waals surface area contributed by atoms with Gasteiger partial charge in [-0.1, -0.05) is 23.4 Å². The summed E-state index contributed by atoms with van der Waals surface area (Å²) in [5, 5.41) is 8.72. The molecule has 1 amide bonds. The number of thiophene rings is 1. The van der Waals surface area contributed by atoms with Crippen molar-refractivity contribution in [3.8, 4) is 10.6 Å². The molecule has 2 aromatic heterocycles. The van der Waals surface area contributed by atoms with Crippen molar-refractivity contribution in [2.45, 2.75) is 6.04 Å². The smallest absolute Gasteiger partial charge is 0.273 e. The normalized spacial score (nSPS) is 16.0. The first-order valence-corrected chi connectivity index (χ1v) is 9.95. The molecule has 1 atom stereocenters. The SMILES string of the molecule is O=C(NCC(c1cccc(F)c1)N1CCOCC1)c1cc(-c2cccs2)on1. The third kappa shape index (κ3) is 4.30. The van der Waals surface area contributed by atoms with Gasteiger partial charge in [-0.05, 0) is 29.1 Å². The monoisotopic (exact) mass is 401 g/mol. The lowest BCUT2D eigenvalue weighted by Crippen LogP contribution is -2.43. The van der Waals surface area contributed by atoms with Gasteiger partial charge in [0.15, 0.2) is 11.5 Å². The maximum atomic E-state index is 13.7. The number of morpholine rings is 1. The number of hydrogen-bond acceptors (Lipinski definition) is 6. The number of rotatable bonds is 6. The molecule has 1 aliphatic rings. The summed E-state index contributed by atoms with van der Waals surface area (Å²) in [6.07, 6.45) is 0. The first-order chi connectivity index (χ1) is 13.7. The highest BCUT2D eigenvalue weighted by Gasteiger charge is 2.24. The number of benzene rings is 1. The second-order valence-electron chi connectivity index (χ2n) is 6.48. The number of halogens is 1. The van der Waals surface area contributed by atoms with E-state index >= 15 is 0 Å². The molecule has 6 nitrogen and oxygen atoms in total. The molecule has 0 saturated carbocycles. The molecule has 0 radical (unpaired) electrons. The average molecular weight is 401 g/mol. The average Bonchev–Trinajstić information content (AvgIpc) is 3.41. The fourth-order valence-electron chi connectivity index (χ4n) is 3.26. The Balaban J connectivity index is 1.47. The maximum Gasteiger partial charge on any atom is 0.273 e. The van der Waals surface area contributed by atoms with Gasteiger partial charge >= 0.3 is 0 Å². The molecule has 3 aromatic rings. The van der Waals surface area contributed by atoms with Gasteiger partial charge in [0, 0.05) is 25.7 Å². The third-order valence-electron chi connectivity index (χ3n) is 4.68. The quantitative estimate of drug-likeness (QED) is 0.686. The highest BCUT2D eigenvalue weighted by Crippen LogP contribution is 2.25. The lowest BCUT2D eigenvalue weighted by Gasteiger charge is -2.34. The molecule has 1 aliphatic heterocycles. The second kappa shape index (κ2) is 8.64. The van der Waals surface area contributed by atoms with Crippen LogP contribution in [0.4, 0.5) is 4.39 Å². The van der Waals surface area contributed by atoms with E-state index in [0.29, 0.717) is 25.5 Å². The van der Waals surface area contributed by atoms with Gasteiger partial charge in [-0.15, -0.1) is 11.3 Å². The number of nitrogens with one attached hydrogen (secondary N) is 1. The Labute approximate surface area is 165 Å². The van der Waals surface area contributed by atoms with Gasteiger partial charge in [-0.2, -0.15) is 0 Å². The predicted molar refractivity (Wildman–Crippen MR) is 104 cm³/mol. The Bertz CT molecular complexity index is 922. The lowest BCUT2D eigenvalue weighted by molar-refractivity contribution is 0.0161. The molecule has 28 heavy (non-hydrogen) atoms. The Morgan fingerprint density at radius 3 is 2.86 bits per heavy atom. The van der Waals surface area contributed by atoms with Crippen molar-refractivity contribution in [3.05, 3.63) is 64.9 Å². The van der Waals surface area contributed by atoms with Gasteiger partial charge in [0.05, 0.1) is 24.1 Å².